The number of amides is 1. The number of carbonyl (C=O) groups is 1. The number of hydrogen-bond donors (Lipinski definition) is 1. The summed E-state index contributed by atoms with van der Waals surface area (Å²) in [6.07, 6.45) is 2.40. The highest BCUT2D eigenvalue weighted by atomic mass is 79.9. The SMILES string of the molecule is O=C(NCC1(CBr)CC1)c1cc(Br)sc1Br. The second kappa shape index (κ2) is 5.08. The van der Waals surface area contributed by atoms with Gasteiger partial charge in [-0.05, 0) is 56.2 Å². The molecule has 1 aromatic heterocycles. The molecule has 1 saturated carbocycles. The van der Waals surface area contributed by atoms with Crippen LogP contribution in [0, 0.1) is 5.41 Å². The van der Waals surface area contributed by atoms with Gasteiger partial charge < -0.3 is 5.32 Å². The second-order valence-corrected chi connectivity index (χ2v) is 8.36. The van der Waals surface area contributed by atoms with E-state index in [9.17, 15) is 4.79 Å². The summed E-state index contributed by atoms with van der Waals surface area (Å²) in [7, 11) is 0. The van der Waals surface area contributed by atoms with E-state index in [4.69, 9.17) is 0 Å². The molecular formula is C10H10Br3NOS. The van der Waals surface area contributed by atoms with Gasteiger partial charge in [-0.25, -0.2) is 0 Å². The lowest BCUT2D eigenvalue weighted by Crippen LogP contribution is -2.30. The van der Waals surface area contributed by atoms with Crippen LogP contribution in [-0.4, -0.2) is 17.8 Å². The molecule has 0 unspecified atom stereocenters. The molecule has 0 spiro atoms. The standard InChI is InChI=1S/C10H10Br3NOS/c11-4-10(1-2-10)5-14-9(15)6-3-7(12)16-8(6)13/h3H,1-2,4-5H2,(H,14,15). The van der Waals surface area contributed by atoms with E-state index < -0.39 is 0 Å². The fourth-order valence-corrected chi connectivity index (χ4v) is 4.94. The third kappa shape index (κ3) is 2.89. The average molecular weight is 432 g/mol. The summed E-state index contributed by atoms with van der Waals surface area (Å²) in [4.78, 5) is 11.9. The predicted molar refractivity (Wildman–Crippen MR) is 77.5 cm³/mol. The Morgan fingerprint density at radius 1 is 1.50 bits per heavy atom. The number of nitrogens with one attached hydrogen (secondary N) is 1. The summed E-state index contributed by atoms with van der Waals surface area (Å²) in [5.74, 6) is 0.000972. The van der Waals surface area contributed by atoms with E-state index in [1.54, 1.807) is 0 Å². The van der Waals surface area contributed by atoms with E-state index in [1.165, 1.54) is 24.2 Å². The quantitative estimate of drug-likeness (QED) is 0.712. The smallest absolute Gasteiger partial charge is 0.253 e. The number of alkyl halides is 1. The normalized spacial score (nSPS) is 17.2. The molecule has 2 nitrogen and oxygen atoms in total. The Kier molecular flexibility index (Phi) is 4.14. The van der Waals surface area contributed by atoms with E-state index in [0.29, 0.717) is 11.0 Å². The summed E-state index contributed by atoms with van der Waals surface area (Å²) >= 11 is 11.8. The lowest BCUT2D eigenvalue weighted by molar-refractivity contribution is 0.0946. The molecule has 6 heteroatoms. The minimum atomic E-state index is 0.000972. The van der Waals surface area contributed by atoms with Gasteiger partial charge in [-0.3, -0.25) is 4.79 Å². The Bertz CT molecular complexity index is 414. The first-order valence-corrected chi connectivity index (χ1v) is 8.38. The maximum absolute atomic E-state index is 11.9. The molecule has 0 saturated heterocycles. The average Bonchev–Trinajstić information content (AvgIpc) is 2.96. The summed E-state index contributed by atoms with van der Waals surface area (Å²) in [5, 5.41) is 3.96. The highest BCUT2D eigenvalue weighted by Gasteiger charge is 2.41. The Morgan fingerprint density at radius 3 is 2.62 bits per heavy atom. The third-order valence-electron chi connectivity index (χ3n) is 2.77. The van der Waals surface area contributed by atoms with Gasteiger partial charge >= 0.3 is 0 Å². The fourth-order valence-electron chi connectivity index (χ4n) is 1.39. The lowest BCUT2D eigenvalue weighted by atomic mass is 10.1. The third-order valence-corrected chi connectivity index (χ3v) is 6.29. The number of thiophene rings is 1. The zero-order valence-electron chi connectivity index (χ0n) is 8.36. The first-order chi connectivity index (χ1) is 7.56. The van der Waals surface area contributed by atoms with Crippen molar-refractivity contribution in [2.45, 2.75) is 12.8 Å². The van der Waals surface area contributed by atoms with Crippen molar-refractivity contribution in [1.29, 1.82) is 0 Å². The first kappa shape index (κ1) is 13.1. The predicted octanol–water partition coefficient (Wildman–Crippen LogP) is 4.18. The van der Waals surface area contributed by atoms with Gasteiger partial charge in [0.2, 0.25) is 0 Å². The minimum Gasteiger partial charge on any atom is -0.351 e. The van der Waals surface area contributed by atoms with Crippen molar-refractivity contribution < 1.29 is 4.79 Å². The number of carbonyl (C=O) groups excluding carboxylic acids is 1. The van der Waals surface area contributed by atoms with Gasteiger partial charge in [0.1, 0.15) is 0 Å². The van der Waals surface area contributed by atoms with Crippen LogP contribution in [0.3, 0.4) is 0 Å². The monoisotopic (exact) mass is 429 g/mol. The molecule has 1 amide bonds. The maximum atomic E-state index is 11.9. The van der Waals surface area contributed by atoms with Gasteiger partial charge in [-0.2, -0.15) is 0 Å². The highest BCUT2D eigenvalue weighted by Crippen LogP contribution is 2.46. The van der Waals surface area contributed by atoms with Gasteiger partial charge in [0.15, 0.2) is 0 Å². The molecule has 0 aliphatic heterocycles. The summed E-state index contributed by atoms with van der Waals surface area (Å²) < 4.78 is 1.84. The van der Waals surface area contributed by atoms with Crippen molar-refractivity contribution in [3.8, 4) is 0 Å². The molecule has 1 aliphatic carbocycles. The molecule has 0 atom stereocenters. The van der Waals surface area contributed by atoms with Crippen molar-refractivity contribution in [2.75, 3.05) is 11.9 Å². The minimum absolute atomic E-state index is 0.000972. The zero-order chi connectivity index (χ0) is 11.8. The van der Waals surface area contributed by atoms with E-state index in [-0.39, 0.29) is 5.91 Å². The molecule has 88 valence electrons. The van der Waals surface area contributed by atoms with Crippen molar-refractivity contribution in [1.82, 2.24) is 5.32 Å². The summed E-state index contributed by atoms with van der Waals surface area (Å²) in [5.41, 5.74) is 1.03. The van der Waals surface area contributed by atoms with Gasteiger partial charge in [0, 0.05) is 11.9 Å². The van der Waals surface area contributed by atoms with Crippen molar-refractivity contribution in [3.05, 3.63) is 19.2 Å². The Morgan fingerprint density at radius 2 is 2.19 bits per heavy atom. The number of hydrogen-bond acceptors (Lipinski definition) is 2. The van der Waals surface area contributed by atoms with Crippen LogP contribution < -0.4 is 5.32 Å². The fraction of sp³-hybridized carbons (Fsp3) is 0.500. The molecule has 1 heterocycles. The van der Waals surface area contributed by atoms with Gasteiger partial charge in [0.25, 0.3) is 5.91 Å². The molecule has 1 N–H and O–H groups in total. The van der Waals surface area contributed by atoms with Crippen LogP contribution in [0.15, 0.2) is 13.6 Å². The molecule has 16 heavy (non-hydrogen) atoms. The van der Waals surface area contributed by atoms with E-state index in [0.717, 1.165) is 19.4 Å². The number of rotatable bonds is 4. The summed E-state index contributed by atoms with van der Waals surface area (Å²) in [6.45, 7) is 0.761. The topological polar surface area (TPSA) is 29.1 Å². The van der Waals surface area contributed by atoms with Crippen LogP contribution >= 0.6 is 59.1 Å². The Hall–Kier alpha value is 0.610. The van der Waals surface area contributed by atoms with Crippen molar-refractivity contribution in [2.24, 2.45) is 5.41 Å². The van der Waals surface area contributed by atoms with Crippen LogP contribution in [0.5, 0.6) is 0 Å². The lowest BCUT2D eigenvalue weighted by Gasteiger charge is -2.12. The molecule has 0 bridgehead atoms. The molecule has 1 aliphatic rings. The van der Waals surface area contributed by atoms with Crippen LogP contribution in [0.25, 0.3) is 0 Å². The Balaban J connectivity index is 1.96. The van der Waals surface area contributed by atoms with E-state index >= 15 is 0 Å². The molecule has 1 fully saturated rings. The molecule has 2 rings (SSSR count). The largest absolute Gasteiger partial charge is 0.351 e. The Labute approximate surface area is 124 Å². The van der Waals surface area contributed by atoms with Crippen LogP contribution in [0.1, 0.15) is 23.2 Å². The molecule has 0 aromatic carbocycles. The molecule has 0 radical (unpaired) electrons. The van der Waals surface area contributed by atoms with Crippen molar-refractivity contribution >= 4 is 65.0 Å². The van der Waals surface area contributed by atoms with Gasteiger partial charge in [0.05, 0.1) is 13.1 Å². The maximum Gasteiger partial charge on any atom is 0.253 e. The van der Waals surface area contributed by atoms with Gasteiger partial charge in [-0.1, -0.05) is 15.9 Å². The number of halogens is 3. The van der Waals surface area contributed by atoms with E-state index in [1.807, 2.05) is 6.07 Å². The molecule has 1 aromatic rings. The van der Waals surface area contributed by atoms with Crippen LogP contribution in [0.4, 0.5) is 0 Å². The van der Waals surface area contributed by atoms with Gasteiger partial charge in [-0.15, -0.1) is 11.3 Å². The summed E-state index contributed by atoms with van der Waals surface area (Å²) in [6, 6.07) is 1.85. The van der Waals surface area contributed by atoms with Crippen LogP contribution in [-0.2, 0) is 0 Å². The van der Waals surface area contributed by atoms with Crippen LogP contribution in [0.2, 0.25) is 0 Å². The second-order valence-electron chi connectivity index (χ2n) is 4.05. The highest BCUT2D eigenvalue weighted by molar-refractivity contribution is 9.12. The molecular weight excluding hydrogens is 422 g/mol. The van der Waals surface area contributed by atoms with E-state index in [2.05, 4.69) is 53.1 Å². The zero-order valence-corrected chi connectivity index (χ0v) is 13.9. The van der Waals surface area contributed by atoms with Crippen molar-refractivity contribution in [3.63, 3.8) is 0 Å². The first-order valence-electron chi connectivity index (χ1n) is 4.85.